The fourth-order valence-electron chi connectivity index (χ4n) is 2.11. The van der Waals surface area contributed by atoms with Crippen molar-refractivity contribution in [1.82, 2.24) is 0 Å². The molecule has 116 valence electrons. The molecule has 0 aliphatic heterocycles. The van der Waals surface area contributed by atoms with Crippen molar-refractivity contribution in [2.75, 3.05) is 0 Å². The molecule has 20 heavy (non-hydrogen) atoms. The maximum atomic E-state index is 10.9. The van der Waals surface area contributed by atoms with Crippen molar-refractivity contribution in [3.8, 4) is 0 Å². The minimum absolute atomic E-state index is 0.122. The van der Waals surface area contributed by atoms with Gasteiger partial charge in [0, 0.05) is 6.42 Å². The van der Waals surface area contributed by atoms with Gasteiger partial charge in [0.05, 0.1) is 5.92 Å². The molecule has 0 aromatic carbocycles. The summed E-state index contributed by atoms with van der Waals surface area (Å²) in [5, 5.41) is 8.91. The summed E-state index contributed by atoms with van der Waals surface area (Å²) in [7, 11) is 0. The number of allylic oxidation sites excluding steroid dienone is 1. The Labute approximate surface area is 122 Å². The minimum atomic E-state index is -0.990. The zero-order chi connectivity index (χ0) is 15.2. The van der Waals surface area contributed by atoms with Crippen LogP contribution in [-0.4, -0.2) is 17.0 Å². The Hall–Kier alpha value is -1.32. The molecule has 4 heteroatoms. The Morgan fingerprint density at radius 1 is 1.05 bits per heavy atom. The van der Waals surface area contributed by atoms with Crippen LogP contribution in [0.3, 0.4) is 0 Å². The third-order valence-electron chi connectivity index (χ3n) is 3.33. The Morgan fingerprint density at radius 3 is 2.10 bits per heavy atom. The molecule has 0 bridgehead atoms. The molecule has 0 aromatic rings. The number of rotatable bonds is 13. The van der Waals surface area contributed by atoms with Gasteiger partial charge < -0.3 is 10.8 Å². The zero-order valence-electron chi connectivity index (χ0n) is 12.6. The maximum Gasteiger partial charge on any atom is 0.310 e. The average molecular weight is 283 g/mol. The summed E-state index contributed by atoms with van der Waals surface area (Å²) in [5.74, 6) is -2.34. The van der Waals surface area contributed by atoms with Crippen LogP contribution in [0.5, 0.6) is 0 Å². The molecule has 0 saturated heterocycles. The molecule has 0 rings (SSSR count). The predicted octanol–water partition coefficient (Wildman–Crippen LogP) is 3.65. The quantitative estimate of drug-likeness (QED) is 0.400. The van der Waals surface area contributed by atoms with Crippen molar-refractivity contribution in [3.05, 3.63) is 12.2 Å². The summed E-state index contributed by atoms with van der Waals surface area (Å²) >= 11 is 0. The van der Waals surface area contributed by atoms with Gasteiger partial charge >= 0.3 is 5.97 Å². The molecule has 0 spiro atoms. The van der Waals surface area contributed by atoms with E-state index >= 15 is 0 Å². The topological polar surface area (TPSA) is 80.4 Å². The van der Waals surface area contributed by atoms with Gasteiger partial charge in [-0.25, -0.2) is 0 Å². The standard InChI is InChI=1S/C16H29NO3/c1-2-3-4-5-6-7-8-9-10-11-12-14(16(19)20)13-15(17)18/h11-12,14H,2-10,13H2,1H3,(H2,17,18)(H,19,20). The van der Waals surface area contributed by atoms with Crippen LogP contribution >= 0.6 is 0 Å². The molecule has 3 N–H and O–H groups in total. The second-order valence-corrected chi connectivity index (χ2v) is 5.31. The summed E-state index contributed by atoms with van der Waals surface area (Å²) < 4.78 is 0. The third-order valence-corrected chi connectivity index (χ3v) is 3.33. The van der Waals surface area contributed by atoms with Gasteiger partial charge in [-0.15, -0.1) is 0 Å². The van der Waals surface area contributed by atoms with Crippen LogP contribution in [-0.2, 0) is 9.59 Å². The second-order valence-electron chi connectivity index (χ2n) is 5.31. The van der Waals surface area contributed by atoms with E-state index in [1.54, 1.807) is 6.08 Å². The van der Waals surface area contributed by atoms with E-state index in [-0.39, 0.29) is 6.42 Å². The van der Waals surface area contributed by atoms with E-state index in [0.717, 1.165) is 12.8 Å². The average Bonchev–Trinajstić information content (AvgIpc) is 2.39. The molecule has 1 unspecified atom stereocenters. The first-order valence-electron chi connectivity index (χ1n) is 7.75. The third kappa shape index (κ3) is 11.8. The molecular weight excluding hydrogens is 254 g/mol. The number of unbranched alkanes of at least 4 members (excludes halogenated alkanes) is 8. The van der Waals surface area contributed by atoms with Crippen LogP contribution in [0.15, 0.2) is 12.2 Å². The summed E-state index contributed by atoms with van der Waals surface area (Å²) in [6, 6.07) is 0. The molecule has 0 heterocycles. The van der Waals surface area contributed by atoms with Crippen LogP contribution in [0.4, 0.5) is 0 Å². The molecule has 0 aliphatic carbocycles. The fraction of sp³-hybridized carbons (Fsp3) is 0.750. The Bertz CT molecular complexity index is 300. The SMILES string of the molecule is CCCCCCCCCCC=CC(CC(N)=O)C(=O)O. The molecule has 0 aromatic heterocycles. The lowest BCUT2D eigenvalue weighted by Crippen LogP contribution is -2.20. The number of carboxylic acid groups (broad SMARTS) is 1. The lowest BCUT2D eigenvalue weighted by Gasteiger charge is -2.04. The van der Waals surface area contributed by atoms with Gasteiger partial charge in [-0.1, -0.05) is 64.0 Å². The summed E-state index contributed by atoms with van der Waals surface area (Å²) in [5.41, 5.74) is 5.01. The maximum absolute atomic E-state index is 10.9. The van der Waals surface area contributed by atoms with E-state index in [1.165, 1.54) is 44.9 Å². The van der Waals surface area contributed by atoms with Crippen LogP contribution < -0.4 is 5.73 Å². The molecule has 0 fully saturated rings. The van der Waals surface area contributed by atoms with E-state index in [2.05, 4.69) is 6.92 Å². The number of hydrogen-bond acceptors (Lipinski definition) is 2. The summed E-state index contributed by atoms with van der Waals surface area (Å²) in [6.45, 7) is 2.22. The number of carbonyl (C=O) groups excluding carboxylic acids is 1. The molecule has 0 radical (unpaired) electrons. The number of carboxylic acids is 1. The lowest BCUT2D eigenvalue weighted by atomic mass is 10.0. The predicted molar refractivity (Wildman–Crippen MR) is 81.3 cm³/mol. The van der Waals surface area contributed by atoms with Gasteiger partial charge in [0.2, 0.25) is 5.91 Å². The molecule has 1 atom stereocenters. The molecule has 0 aliphatic rings. The van der Waals surface area contributed by atoms with Crippen molar-refractivity contribution in [2.45, 2.75) is 71.1 Å². The van der Waals surface area contributed by atoms with E-state index in [0.29, 0.717) is 0 Å². The normalized spacial score (nSPS) is 12.7. The molecule has 0 saturated carbocycles. The van der Waals surface area contributed by atoms with Crippen LogP contribution in [0.25, 0.3) is 0 Å². The Balaban J connectivity index is 3.58. The first-order valence-corrected chi connectivity index (χ1v) is 7.75. The van der Waals surface area contributed by atoms with Gasteiger partial charge in [0.25, 0.3) is 0 Å². The molecule has 4 nitrogen and oxygen atoms in total. The largest absolute Gasteiger partial charge is 0.481 e. The highest BCUT2D eigenvalue weighted by Crippen LogP contribution is 2.11. The van der Waals surface area contributed by atoms with Crippen LogP contribution in [0.1, 0.15) is 71.1 Å². The lowest BCUT2D eigenvalue weighted by molar-refractivity contribution is -0.141. The van der Waals surface area contributed by atoms with Gasteiger partial charge in [-0.3, -0.25) is 9.59 Å². The highest BCUT2D eigenvalue weighted by atomic mass is 16.4. The van der Waals surface area contributed by atoms with E-state index in [9.17, 15) is 9.59 Å². The Morgan fingerprint density at radius 2 is 1.60 bits per heavy atom. The van der Waals surface area contributed by atoms with Crippen molar-refractivity contribution in [3.63, 3.8) is 0 Å². The smallest absolute Gasteiger partial charge is 0.310 e. The zero-order valence-corrected chi connectivity index (χ0v) is 12.6. The van der Waals surface area contributed by atoms with Gasteiger partial charge in [-0.05, 0) is 12.8 Å². The summed E-state index contributed by atoms with van der Waals surface area (Å²) in [4.78, 5) is 21.6. The first kappa shape index (κ1) is 18.7. The number of hydrogen-bond donors (Lipinski definition) is 2. The van der Waals surface area contributed by atoms with E-state index < -0.39 is 17.8 Å². The number of nitrogens with two attached hydrogens (primary N) is 1. The molecular formula is C16H29NO3. The van der Waals surface area contributed by atoms with Gasteiger partial charge in [0.15, 0.2) is 0 Å². The highest BCUT2D eigenvalue weighted by Gasteiger charge is 2.15. The van der Waals surface area contributed by atoms with Crippen molar-refractivity contribution in [1.29, 1.82) is 0 Å². The van der Waals surface area contributed by atoms with Crippen molar-refractivity contribution < 1.29 is 14.7 Å². The van der Waals surface area contributed by atoms with Crippen LogP contribution in [0.2, 0.25) is 0 Å². The highest BCUT2D eigenvalue weighted by molar-refractivity contribution is 5.82. The number of amides is 1. The van der Waals surface area contributed by atoms with Crippen molar-refractivity contribution >= 4 is 11.9 Å². The number of aliphatic carboxylic acids is 1. The first-order chi connectivity index (χ1) is 9.57. The van der Waals surface area contributed by atoms with Crippen molar-refractivity contribution in [2.24, 2.45) is 11.7 Å². The number of carbonyl (C=O) groups is 2. The van der Waals surface area contributed by atoms with Gasteiger partial charge in [0.1, 0.15) is 0 Å². The number of primary amides is 1. The van der Waals surface area contributed by atoms with Crippen LogP contribution in [0, 0.1) is 5.92 Å². The fourth-order valence-corrected chi connectivity index (χ4v) is 2.11. The monoisotopic (exact) mass is 283 g/mol. The second kappa shape index (κ2) is 12.7. The minimum Gasteiger partial charge on any atom is -0.481 e. The summed E-state index contributed by atoms with van der Waals surface area (Å²) in [6.07, 6.45) is 14.3. The van der Waals surface area contributed by atoms with Gasteiger partial charge in [-0.2, -0.15) is 0 Å². The van der Waals surface area contributed by atoms with E-state index in [4.69, 9.17) is 10.8 Å². The molecule has 1 amide bonds. The Kier molecular flexibility index (Phi) is 11.9. The van der Waals surface area contributed by atoms with E-state index in [1.807, 2.05) is 6.08 Å².